The molecule has 0 bridgehead atoms. The number of aromatic nitrogens is 1. The number of pyridine rings is 1. The second-order valence-electron chi connectivity index (χ2n) is 5.15. The number of nitrogens with one attached hydrogen (secondary N) is 2. The minimum Gasteiger partial charge on any atom is -0.396 e. The van der Waals surface area contributed by atoms with Crippen LogP contribution in [-0.2, 0) is 0 Å². The number of aliphatic hydroxyl groups is 1. The van der Waals surface area contributed by atoms with E-state index >= 15 is 0 Å². The number of rotatable bonds is 6. The molecule has 0 radical (unpaired) electrons. The third kappa shape index (κ3) is 4.56. The number of carbonyl (C=O) groups is 1. The van der Waals surface area contributed by atoms with Gasteiger partial charge in [0.1, 0.15) is 0 Å². The zero-order chi connectivity index (χ0) is 15.8. The molecular formula is C17H21N3O2. The van der Waals surface area contributed by atoms with Gasteiger partial charge < -0.3 is 15.7 Å². The summed E-state index contributed by atoms with van der Waals surface area (Å²) in [5.74, 6) is 0.0930. The molecule has 2 aromatic rings. The second kappa shape index (κ2) is 8.14. The van der Waals surface area contributed by atoms with Crippen LogP contribution in [0.1, 0.15) is 23.5 Å². The number of amides is 2. The molecule has 0 aliphatic heterocycles. The van der Waals surface area contributed by atoms with Gasteiger partial charge in [-0.1, -0.05) is 30.3 Å². The Morgan fingerprint density at radius 2 is 2.05 bits per heavy atom. The molecule has 0 saturated carbocycles. The number of urea groups is 1. The van der Waals surface area contributed by atoms with Gasteiger partial charge in [-0.05, 0) is 30.5 Å². The lowest BCUT2D eigenvalue weighted by molar-refractivity contribution is 0.248. The molecule has 1 aromatic heterocycles. The van der Waals surface area contributed by atoms with Gasteiger partial charge >= 0.3 is 6.03 Å². The summed E-state index contributed by atoms with van der Waals surface area (Å²) in [6.07, 6.45) is 3.95. The number of anilines is 1. The van der Waals surface area contributed by atoms with Gasteiger partial charge in [-0.25, -0.2) is 4.79 Å². The molecule has 1 heterocycles. The van der Waals surface area contributed by atoms with Crippen LogP contribution in [0, 0.1) is 6.92 Å². The van der Waals surface area contributed by atoms with Crippen LogP contribution in [0.5, 0.6) is 0 Å². The molecule has 5 nitrogen and oxygen atoms in total. The maximum Gasteiger partial charge on any atom is 0.319 e. The Balaban J connectivity index is 1.92. The number of benzene rings is 1. The predicted octanol–water partition coefficient (Wildman–Crippen LogP) is 2.68. The summed E-state index contributed by atoms with van der Waals surface area (Å²) < 4.78 is 0. The molecule has 2 rings (SSSR count). The van der Waals surface area contributed by atoms with E-state index in [0.717, 1.165) is 16.8 Å². The fourth-order valence-electron chi connectivity index (χ4n) is 2.26. The van der Waals surface area contributed by atoms with Gasteiger partial charge in [-0.2, -0.15) is 0 Å². The largest absolute Gasteiger partial charge is 0.396 e. The van der Waals surface area contributed by atoms with E-state index in [4.69, 9.17) is 0 Å². The second-order valence-corrected chi connectivity index (χ2v) is 5.15. The van der Waals surface area contributed by atoms with Crippen LogP contribution in [0.4, 0.5) is 10.5 Å². The van der Waals surface area contributed by atoms with E-state index in [1.54, 1.807) is 18.5 Å². The van der Waals surface area contributed by atoms with Gasteiger partial charge in [0, 0.05) is 37.2 Å². The number of hydrogen-bond acceptors (Lipinski definition) is 3. The zero-order valence-corrected chi connectivity index (χ0v) is 12.6. The number of aliphatic hydroxyl groups excluding tert-OH is 1. The average Bonchev–Trinajstić information content (AvgIpc) is 2.54. The number of aryl methyl sites for hydroxylation is 1. The fraction of sp³-hybridized carbons (Fsp3) is 0.294. The van der Waals surface area contributed by atoms with Crippen molar-refractivity contribution in [2.75, 3.05) is 18.5 Å². The molecule has 0 fully saturated rings. The molecule has 1 unspecified atom stereocenters. The Bertz CT molecular complexity index is 602. The quantitative estimate of drug-likeness (QED) is 0.767. The van der Waals surface area contributed by atoms with Crippen molar-refractivity contribution in [2.45, 2.75) is 19.3 Å². The van der Waals surface area contributed by atoms with Crippen LogP contribution < -0.4 is 10.6 Å². The Kier molecular flexibility index (Phi) is 5.91. The summed E-state index contributed by atoms with van der Waals surface area (Å²) in [4.78, 5) is 16.0. The first-order valence-corrected chi connectivity index (χ1v) is 7.32. The molecule has 1 atom stereocenters. The van der Waals surface area contributed by atoms with Gasteiger partial charge in [0.25, 0.3) is 0 Å². The van der Waals surface area contributed by atoms with Crippen molar-refractivity contribution in [3.8, 4) is 0 Å². The monoisotopic (exact) mass is 299 g/mol. The lowest BCUT2D eigenvalue weighted by Gasteiger charge is -2.17. The number of carbonyl (C=O) groups excluding carboxylic acids is 1. The van der Waals surface area contributed by atoms with E-state index < -0.39 is 0 Å². The molecule has 0 aliphatic carbocycles. The van der Waals surface area contributed by atoms with Crippen LogP contribution in [0.15, 0.2) is 48.8 Å². The van der Waals surface area contributed by atoms with E-state index in [2.05, 4.69) is 15.6 Å². The highest BCUT2D eigenvalue weighted by atomic mass is 16.3. The smallest absolute Gasteiger partial charge is 0.319 e. The molecule has 1 aromatic carbocycles. The maximum absolute atomic E-state index is 12.0. The maximum atomic E-state index is 12.0. The van der Waals surface area contributed by atoms with Gasteiger partial charge in [-0.3, -0.25) is 4.98 Å². The fourth-order valence-corrected chi connectivity index (χ4v) is 2.26. The molecule has 0 spiro atoms. The standard InChI is InChI=1S/C17H21N3O2/c1-13-11-18-9-7-16(13)20-17(22)19-12-15(8-10-21)14-5-3-2-4-6-14/h2-7,9,11,15,21H,8,10,12H2,1H3,(H2,18,19,20,22). The number of hydrogen-bond donors (Lipinski definition) is 3. The van der Waals surface area contributed by atoms with Crippen LogP contribution >= 0.6 is 0 Å². The van der Waals surface area contributed by atoms with E-state index in [1.807, 2.05) is 37.3 Å². The summed E-state index contributed by atoms with van der Waals surface area (Å²) in [6, 6.07) is 11.4. The van der Waals surface area contributed by atoms with Gasteiger partial charge in [0.15, 0.2) is 0 Å². The van der Waals surface area contributed by atoms with Crippen molar-refractivity contribution < 1.29 is 9.90 Å². The topological polar surface area (TPSA) is 74.2 Å². The summed E-state index contributed by atoms with van der Waals surface area (Å²) in [7, 11) is 0. The van der Waals surface area contributed by atoms with Crippen molar-refractivity contribution in [1.82, 2.24) is 10.3 Å². The van der Waals surface area contributed by atoms with Crippen molar-refractivity contribution in [1.29, 1.82) is 0 Å². The van der Waals surface area contributed by atoms with Crippen LogP contribution in [-0.4, -0.2) is 29.3 Å². The summed E-state index contributed by atoms with van der Waals surface area (Å²) >= 11 is 0. The molecular weight excluding hydrogens is 278 g/mol. The summed E-state index contributed by atoms with van der Waals surface area (Å²) in [5, 5.41) is 14.9. The van der Waals surface area contributed by atoms with E-state index in [-0.39, 0.29) is 18.6 Å². The number of nitrogens with zero attached hydrogens (tertiary/aromatic N) is 1. The first-order chi connectivity index (χ1) is 10.7. The van der Waals surface area contributed by atoms with Gasteiger partial charge in [0.05, 0.1) is 0 Å². The molecule has 0 aliphatic rings. The van der Waals surface area contributed by atoms with E-state index in [0.29, 0.717) is 13.0 Å². The molecule has 5 heteroatoms. The Morgan fingerprint density at radius 1 is 1.27 bits per heavy atom. The summed E-state index contributed by atoms with van der Waals surface area (Å²) in [5.41, 5.74) is 2.76. The minimum atomic E-state index is -0.256. The highest BCUT2D eigenvalue weighted by Gasteiger charge is 2.12. The van der Waals surface area contributed by atoms with Crippen LogP contribution in [0.25, 0.3) is 0 Å². The Hall–Kier alpha value is -2.40. The molecule has 22 heavy (non-hydrogen) atoms. The normalized spacial score (nSPS) is 11.7. The molecule has 0 saturated heterocycles. The lowest BCUT2D eigenvalue weighted by Crippen LogP contribution is -2.32. The molecule has 2 amide bonds. The van der Waals surface area contributed by atoms with Crippen molar-refractivity contribution in [2.24, 2.45) is 0 Å². The lowest BCUT2D eigenvalue weighted by atomic mass is 9.96. The highest BCUT2D eigenvalue weighted by Crippen LogP contribution is 2.18. The first-order valence-electron chi connectivity index (χ1n) is 7.32. The highest BCUT2D eigenvalue weighted by molar-refractivity contribution is 5.89. The SMILES string of the molecule is Cc1cnccc1NC(=O)NCC(CCO)c1ccccc1. The van der Waals surface area contributed by atoms with Gasteiger partial charge in [-0.15, -0.1) is 0 Å². The van der Waals surface area contributed by atoms with Crippen molar-refractivity contribution in [3.05, 3.63) is 59.9 Å². The first kappa shape index (κ1) is 16.0. The third-order valence-electron chi connectivity index (χ3n) is 3.53. The van der Waals surface area contributed by atoms with Crippen LogP contribution in [0.2, 0.25) is 0 Å². The Morgan fingerprint density at radius 3 is 2.73 bits per heavy atom. The van der Waals surface area contributed by atoms with Gasteiger partial charge in [0.2, 0.25) is 0 Å². The molecule has 116 valence electrons. The zero-order valence-electron chi connectivity index (χ0n) is 12.6. The molecule has 3 N–H and O–H groups in total. The van der Waals surface area contributed by atoms with Crippen molar-refractivity contribution >= 4 is 11.7 Å². The van der Waals surface area contributed by atoms with E-state index in [1.165, 1.54) is 0 Å². The van der Waals surface area contributed by atoms with Crippen molar-refractivity contribution in [3.63, 3.8) is 0 Å². The predicted molar refractivity (Wildman–Crippen MR) is 86.9 cm³/mol. The van der Waals surface area contributed by atoms with E-state index in [9.17, 15) is 9.90 Å². The third-order valence-corrected chi connectivity index (χ3v) is 3.53. The van der Waals surface area contributed by atoms with Crippen LogP contribution in [0.3, 0.4) is 0 Å². The Labute approximate surface area is 130 Å². The average molecular weight is 299 g/mol. The minimum absolute atomic E-state index is 0.0896. The summed E-state index contributed by atoms with van der Waals surface area (Å²) in [6.45, 7) is 2.45.